The van der Waals surface area contributed by atoms with Crippen molar-refractivity contribution in [2.24, 2.45) is 0 Å². The Labute approximate surface area is 155 Å². The number of nitro groups is 1. The summed E-state index contributed by atoms with van der Waals surface area (Å²) < 4.78 is 5.51. The summed E-state index contributed by atoms with van der Waals surface area (Å²) >= 11 is 0. The first-order valence-corrected chi connectivity index (χ1v) is 8.47. The highest BCUT2D eigenvalue weighted by atomic mass is 16.6. The molecule has 4 rings (SSSR count). The Balaban J connectivity index is 1.62. The van der Waals surface area contributed by atoms with Gasteiger partial charge < -0.3 is 9.32 Å². The number of nitrogens with zero attached hydrogens (tertiary/aromatic N) is 2. The molecule has 2 aromatic carbocycles. The Kier molecular flexibility index (Phi) is 4.30. The quantitative estimate of drug-likeness (QED) is 0.379. The van der Waals surface area contributed by atoms with Crippen LogP contribution in [-0.4, -0.2) is 17.8 Å². The predicted molar refractivity (Wildman–Crippen MR) is 103 cm³/mol. The maximum absolute atomic E-state index is 10.8. The van der Waals surface area contributed by atoms with Crippen LogP contribution < -0.4 is 4.90 Å². The first-order chi connectivity index (χ1) is 13.1. The maximum atomic E-state index is 10.8. The Morgan fingerprint density at radius 2 is 1.85 bits per heavy atom. The monoisotopic (exact) mass is 360 g/mol. The first kappa shape index (κ1) is 16.8. The number of aldehydes is 1. The lowest BCUT2D eigenvalue weighted by Gasteiger charge is -2.17. The summed E-state index contributed by atoms with van der Waals surface area (Å²) in [6.45, 7) is 1.25. The summed E-state index contributed by atoms with van der Waals surface area (Å²) in [6, 6.07) is 18.1. The van der Waals surface area contributed by atoms with Gasteiger partial charge in [-0.1, -0.05) is 18.2 Å². The van der Waals surface area contributed by atoms with E-state index in [-0.39, 0.29) is 5.69 Å². The number of furan rings is 1. The van der Waals surface area contributed by atoms with Gasteiger partial charge in [-0.05, 0) is 47.5 Å². The number of hydrogen-bond acceptors (Lipinski definition) is 5. The lowest BCUT2D eigenvalue weighted by atomic mass is 10.0. The summed E-state index contributed by atoms with van der Waals surface area (Å²) in [5.74, 6) is 1.04. The van der Waals surface area contributed by atoms with Crippen LogP contribution in [-0.2, 0) is 6.54 Å². The SMILES string of the molecule is O=Cc1ccc(CN2C/C(=C/c3ccc([N+](=O)[O-])cc3)c3ccccc32)o1. The van der Waals surface area contributed by atoms with Gasteiger partial charge in [0.25, 0.3) is 5.69 Å². The highest BCUT2D eigenvalue weighted by Gasteiger charge is 2.24. The zero-order valence-electron chi connectivity index (χ0n) is 14.4. The number of para-hydroxylation sites is 1. The number of non-ortho nitro benzene ring substituents is 1. The van der Waals surface area contributed by atoms with Gasteiger partial charge in [-0.2, -0.15) is 0 Å². The summed E-state index contributed by atoms with van der Waals surface area (Å²) in [5.41, 5.74) is 4.33. The van der Waals surface area contributed by atoms with E-state index in [1.54, 1.807) is 18.2 Å². The molecule has 0 unspecified atom stereocenters. The molecule has 3 aromatic rings. The van der Waals surface area contributed by atoms with Crippen LogP contribution in [0.25, 0.3) is 11.6 Å². The molecule has 134 valence electrons. The van der Waals surface area contributed by atoms with Crippen LogP contribution in [0.4, 0.5) is 11.4 Å². The van der Waals surface area contributed by atoms with E-state index in [1.807, 2.05) is 24.3 Å². The number of benzene rings is 2. The van der Waals surface area contributed by atoms with Crippen molar-refractivity contribution in [2.45, 2.75) is 6.54 Å². The summed E-state index contributed by atoms with van der Waals surface area (Å²) in [5, 5.41) is 10.8. The zero-order chi connectivity index (χ0) is 18.8. The van der Waals surface area contributed by atoms with Crippen molar-refractivity contribution >= 4 is 29.3 Å². The van der Waals surface area contributed by atoms with E-state index in [1.165, 1.54) is 12.1 Å². The highest BCUT2D eigenvalue weighted by Crippen LogP contribution is 2.37. The van der Waals surface area contributed by atoms with Crippen LogP contribution in [0.15, 0.2) is 65.1 Å². The third-order valence-corrected chi connectivity index (χ3v) is 4.54. The standard InChI is InChI=1S/C21H16N2O4/c24-14-19-10-9-18(27-19)13-22-12-16(20-3-1-2-4-21(20)22)11-15-5-7-17(8-6-15)23(25)26/h1-11,14H,12-13H2/b16-11-. The van der Waals surface area contributed by atoms with Gasteiger partial charge in [0.2, 0.25) is 0 Å². The van der Waals surface area contributed by atoms with Crippen LogP contribution in [0.3, 0.4) is 0 Å². The minimum atomic E-state index is -0.402. The normalized spacial score (nSPS) is 14.4. The molecule has 6 nitrogen and oxygen atoms in total. The average Bonchev–Trinajstić information content (AvgIpc) is 3.28. The third kappa shape index (κ3) is 3.37. The van der Waals surface area contributed by atoms with Crippen LogP contribution in [0.5, 0.6) is 0 Å². The number of fused-ring (bicyclic) bond motifs is 1. The lowest BCUT2D eigenvalue weighted by molar-refractivity contribution is -0.384. The molecule has 1 aliphatic rings. The Hall–Kier alpha value is -3.67. The molecule has 0 saturated carbocycles. The van der Waals surface area contributed by atoms with Crippen LogP contribution in [0.1, 0.15) is 27.4 Å². The van der Waals surface area contributed by atoms with Crippen LogP contribution in [0.2, 0.25) is 0 Å². The molecule has 0 radical (unpaired) electrons. The predicted octanol–water partition coefficient (Wildman–Crippen LogP) is 4.56. The van der Waals surface area contributed by atoms with Crippen molar-refractivity contribution < 1.29 is 14.1 Å². The van der Waals surface area contributed by atoms with Crippen molar-refractivity contribution in [3.05, 3.63) is 93.4 Å². The minimum Gasteiger partial charge on any atom is -0.456 e. The van der Waals surface area contributed by atoms with Gasteiger partial charge in [0.15, 0.2) is 12.0 Å². The Morgan fingerprint density at radius 3 is 2.56 bits per heavy atom. The molecule has 0 saturated heterocycles. The molecular weight excluding hydrogens is 344 g/mol. The van der Waals surface area contributed by atoms with Crippen molar-refractivity contribution in [3.8, 4) is 0 Å². The van der Waals surface area contributed by atoms with Gasteiger partial charge in [-0.15, -0.1) is 0 Å². The zero-order valence-corrected chi connectivity index (χ0v) is 14.4. The van der Waals surface area contributed by atoms with Crippen molar-refractivity contribution in [3.63, 3.8) is 0 Å². The minimum absolute atomic E-state index is 0.0781. The number of anilines is 1. The van der Waals surface area contributed by atoms with Crippen LogP contribution >= 0.6 is 0 Å². The smallest absolute Gasteiger partial charge is 0.269 e. The number of carbonyl (C=O) groups is 1. The topological polar surface area (TPSA) is 76.6 Å². The molecule has 0 bridgehead atoms. The number of rotatable bonds is 5. The van der Waals surface area contributed by atoms with Gasteiger partial charge >= 0.3 is 0 Å². The second-order valence-electron chi connectivity index (χ2n) is 6.31. The van der Waals surface area contributed by atoms with Crippen molar-refractivity contribution in [1.82, 2.24) is 0 Å². The Bertz CT molecular complexity index is 1030. The largest absolute Gasteiger partial charge is 0.456 e. The van der Waals surface area contributed by atoms with E-state index in [2.05, 4.69) is 17.0 Å². The molecule has 0 atom stereocenters. The van der Waals surface area contributed by atoms with E-state index >= 15 is 0 Å². The number of nitro benzene ring substituents is 1. The molecule has 1 aromatic heterocycles. The van der Waals surface area contributed by atoms with Crippen LogP contribution in [0, 0.1) is 10.1 Å². The van der Waals surface area contributed by atoms with E-state index < -0.39 is 4.92 Å². The summed E-state index contributed by atoms with van der Waals surface area (Å²) in [6.07, 6.45) is 2.74. The molecule has 6 heteroatoms. The van der Waals surface area contributed by atoms with E-state index in [0.29, 0.717) is 25.1 Å². The lowest BCUT2D eigenvalue weighted by Crippen LogP contribution is -2.18. The maximum Gasteiger partial charge on any atom is 0.269 e. The molecule has 0 aliphatic carbocycles. The van der Waals surface area contributed by atoms with Gasteiger partial charge in [0.1, 0.15) is 5.76 Å². The second kappa shape index (κ2) is 6.92. The third-order valence-electron chi connectivity index (χ3n) is 4.54. The molecule has 0 amide bonds. The van der Waals surface area contributed by atoms with Crippen molar-refractivity contribution in [1.29, 1.82) is 0 Å². The molecule has 0 N–H and O–H groups in total. The van der Waals surface area contributed by atoms with E-state index in [4.69, 9.17) is 4.42 Å². The average molecular weight is 360 g/mol. The van der Waals surface area contributed by atoms with Crippen molar-refractivity contribution in [2.75, 3.05) is 11.4 Å². The van der Waals surface area contributed by atoms with Gasteiger partial charge in [0.05, 0.1) is 11.5 Å². The molecule has 2 heterocycles. The molecule has 27 heavy (non-hydrogen) atoms. The fourth-order valence-electron chi connectivity index (χ4n) is 3.29. The fraction of sp³-hybridized carbons (Fsp3) is 0.0952. The van der Waals surface area contributed by atoms with E-state index in [0.717, 1.165) is 28.1 Å². The molecular formula is C21H16N2O4. The van der Waals surface area contributed by atoms with Gasteiger partial charge in [-0.3, -0.25) is 14.9 Å². The molecule has 0 spiro atoms. The number of hydrogen-bond donors (Lipinski definition) is 0. The summed E-state index contributed by atoms with van der Waals surface area (Å²) in [7, 11) is 0. The highest BCUT2D eigenvalue weighted by molar-refractivity contribution is 5.93. The first-order valence-electron chi connectivity index (χ1n) is 8.47. The fourth-order valence-corrected chi connectivity index (χ4v) is 3.29. The molecule has 1 aliphatic heterocycles. The molecule has 0 fully saturated rings. The Morgan fingerprint density at radius 1 is 1.07 bits per heavy atom. The summed E-state index contributed by atoms with van der Waals surface area (Å²) in [4.78, 5) is 23.4. The van der Waals surface area contributed by atoms with E-state index in [9.17, 15) is 14.9 Å². The second-order valence-corrected chi connectivity index (χ2v) is 6.31. The van der Waals surface area contributed by atoms with Gasteiger partial charge in [-0.25, -0.2) is 0 Å². The number of carbonyl (C=O) groups excluding carboxylic acids is 1. The van der Waals surface area contributed by atoms with Gasteiger partial charge in [0, 0.05) is 29.9 Å².